The fourth-order valence-corrected chi connectivity index (χ4v) is 1.92. The van der Waals surface area contributed by atoms with E-state index in [4.69, 9.17) is 32.5 Å². The van der Waals surface area contributed by atoms with Gasteiger partial charge < -0.3 is 14.8 Å². The predicted molar refractivity (Wildman–Crippen MR) is 50.8 cm³/mol. The van der Waals surface area contributed by atoms with Gasteiger partial charge in [0.2, 0.25) is 0 Å². The molecular formula is C5H15N2O3PS. The molecule has 0 aliphatic rings. The Balaban J connectivity index is 3.72. The SMILES string of the molecule is CCOP(=S)(ON)OCCCN. The topological polar surface area (TPSA) is 79.7 Å². The van der Waals surface area contributed by atoms with Gasteiger partial charge in [0.25, 0.3) is 0 Å². The molecule has 12 heavy (non-hydrogen) atoms. The van der Waals surface area contributed by atoms with Crippen LogP contribution in [0.2, 0.25) is 0 Å². The van der Waals surface area contributed by atoms with Crippen molar-refractivity contribution in [2.45, 2.75) is 13.3 Å². The Labute approximate surface area is 77.6 Å². The first-order chi connectivity index (χ1) is 5.68. The van der Waals surface area contributed by atoms with Crippen LogP contribution in [-0.2, 0) is 25.5 Å². The predicted octanol–water partition coefficient (Wildman–Crippen LogP) is 0.503. The molecule has 0 fully saturated rings. The highest BCUT2D eigenvalue weighted by Crippen LogP contribution is 2.47. The highest BCUT2D eigenvalue weighted by Gasteiger charge is 2.17. The lowest BCUT2D eigenvalue weighted by atomic mass is 10.5. The van der Waals surface area contributed by atoms with E-state index in [1.54, 1.807) is 6.92 Å². The largest absolute Gasteiger partial charge is 0.343 e. The molecule has 0 saturated heterocycles. The standard InChI is InChI=1S/C5H15N2O3PS/c1-2-8-11(12,10-7)9-5-3-4-6/h2-7H2,1H3. The van der Waals surface area contributed by atoms with Gasteiger partial charge in [-0.1, -0.05) is 0 Å². The van der Waals surface area contributed by atoms with Crippen LogP contribution in [0.1, 0.15) is 13.3 Å². The summed E-state index contributed by atoms with van der Waals surface area (Å²) in [5.74, 6) is 4.94. The monoisotopic (exact) mass is 214 g/mol. The Morgan fingerprint density at radius 2 is 2.08 bits per heavy atom. The quantitative estimate of drug-likeness (QED) is 0.365. The minimum atomic E-state index is -2.67. The fraction of sp³-hybridized carbons (Fsp3) is 1.00. The maximum atomic E-state index is 5.26. The molecule has 0 amide bonds. The van der Waals surface area contributed by atoms with E-state index in [0.717, 1.165) is 6.42 Å². The van der Waals surface area contributed by atoms with Gasteiger partial charge in [0, 0.05) is 0 Å². The van der Waals surface area contributed by atoms with Gasteiger partial charge in [-0.15, -0.1) is 0 Å². The second-order valence-electron chi connectivity index (χ2n) is 1.95. The zero-order chi connectivity index (χ0) is 9.45. The van der Waals surface area contributed by atoms with Crippen molar-refractivity contribution in [1.29, 1.82) is 0 Å². The van der Waals surface area contributed by atoms with E-state index in [9.17, 15) is 0 Å². The summed E-state index contributed by atoms with van der Waals surface area (Å²) in [6.07, 6.45) is 0.717. The van der Waals surface area contributed by atoms with Crippen molar-refractivity contribution in [1.82, 2.24) is 0 Å². The van der Waals surface area contributed by atoms with E-state index in [-0.39, 0.29) is 0 Å². The first-order valence-electron chi connectivity index (χ1n) is 3.66. The number of hydrogen-bond acceptors (Lipinski definition) is 6. The number of rotatable bonds is 7. The minimum Gasteiger partial charge on any atom is -0.330 e. The van der Waals surface area contributed by atoms with E-state index in [2.05, 4.69) is 4.62 Å². The van der Waals surface area contributed by atoms with Gasteiger partial charge >= 0.3 is 6.72 Å². The van der Waals surface area contributed by atoms with Crippen LogP contribution in [0.25, 0.3) is 0 Å². The first-order valence-corrected chi connectivity index (χ1v) is 6.21. The van der Waals surface area contributed by atoms with E-state index in [0.29, 0.717) is 19.8 Å². The third-order valence-electron chi connectivity index (χ3n) is 1.01. The summed E-state index contributed by atoms with van der Waals surface area (Å²) in [6.45, 7) is 0.521. The molecule has 0 aliphatic heterocycles. The molecule has 7 heteroatoms. The molecule has 0 aliphatic carbocycles. The average molecular weight is 214 g/mol. The zero-order valence-electron chi connectivity index (χ0n) is 7.06. The van der Waals surface area contributed by atoms with Gasteiger partial charge in [0.1, 0.15) is 0 Å². The van der Waals surface area contributed by atoms with Crippen LogP contribution in [0, 0.1) is 0 Å². The van der Waals surface area contributed by atoms with E-state index >= 15 is 0 Å². The molecule has 0 bridgehead atoms. The van der Waals surface area contributed by atoms with Crippen LogP contribution in [0.5, 0.6) is 0 Å². The second kappa shape index (κ2) is 6.91. The van der Waals surface area contributed by atoms with Crippen LogP contribution in [-0.4, -0.2) is 19.8 Å². The van der Waals surface area contributed by atoms with Gasteiger partial charge in [0.05, 0.1) is 13.2 Å². The molecule has 1 unspecified atom stereocenters. The lowest BCUT2D eigenvalue weighted by Gasteiger charge is -2.17. The molecule has 0 rings (SSSR count). The molecule has 0 aromatic heterocycles. The summed E-state index contributed by atoms with van der Waals surface area (Å²) in [7, 11) is 0. The Hall–Kier alpha value is 0.450. The van der Waals surface area contributed by atoms with E-state index in [1.165, 1.54) is 0 Å². The molecule has 1 atom stereocenters. The van der Waals surface area contributed by atoms with Gasteiger partial charge in [-0.3, -0.25) is 0 Å². The van der Waals surface area contributed by atoms with Gasteiger partial charge in [-0.2, -0.15) is 0 Å². The molecule has 74 valence electrons. The van der Waals surface area contributed by atoms with Crippen LogP contribution < -0.4 is 11.6 Å². The lowest BCUT2D eigenvalue weighted by Crippen LogP contribution is -2.08. The molecule has 4 N–H and O–H groups in total. The Kier molecular flexibility index (Phi) is 7.17. The maximum absolute atomic E-state index is 5.26. The lowest BCUT2D eigenvalue weighted by molar-refractivity contribution is 0.163. The maximum Gasteiger partial charge on any atom is 0.343 e. The van der Waals surface area contributed by atoms with Crippen LogP contribution in [0.4, 0.5) is 0 Å². The van der Waals surface area contributed by atoms with Crippen molar-refractivity contribution >= 4 is 18.5 Å². The van der Waals surface area contributed by atoms with Crippen molar-refractivity contribution in [2.75, 3.05) is 19.8 Å². The zero-order valence-corrected chi connectivity index (χ0v) is 8.77. The van der Waals surface area contributed by atoms with Gasteiger partial charge in [-0.05, 0) is 31.7 Å². The van der Waals surface area contributed by atoms with Crippen LogP contribution >= 0.6 is 6.72 Å². The van der Waals surface area contributed by atoms with Crippen molar-refractivity contribution < 1.29 is 13.7 Å². The van der Waals surface area contributed by atoms with Crippen molar-refractivity contribution in [3.05, 3.63) is 0 Å². The second-order valence-corrected chi connectivity index (χ2v) is 4.91. The molecule has 0 radical (unpaired) electrons. The van der Waals surface area contributed by atoms with Crippen molar-refractivity contribution in [3.8, 4) is 0 Å². The molecule has 0 heterocycles. The Bertz CT molecular complexity index is 158. The summed E-state index contributed by atoms with van der Waals surface area (Å²) >= 11 is 4.89. The van der Waals surface area contributed by atoms with Gasteiger partial charge in [0.15, 0.2) is 0 Å². The molecule has 0 saturated carbocycles. The molecule has 5 nitrogen and oxygen atoms in total. The summed E-state index contributed by atoms with van der Waals surface area (Å²) in [5, 5.41) is 0. The smallest absolute Gasteiger partial charge is 0.330 e. The van der Waals surface area contributed by atoms with Crippen molar-refractivity contribution in [2.24, 2.45) is 11.6 Å². The fourth-order valence-electron chi connectivity index (χ4n) is 0.516. The summed E-state index contributed by atoms with van der Waals surface area (Å²) in [4.78, 5) is 0. The highest BCUT2D eigenvalue weighted by atomic mass is 32.5. The third kappa shape index (κ3) is 5.16. The number of nitrogens with two attached hydrogens (primary N) is 2. The first kappa shape index (κ1) is 12.4. The summed E-state index contributed by atoms with van der Waals surface area (Å²) in [5.41, 5.74) is 5.26. The highest BCUT2D eigenvalue weighted by molar-refractivity contribution is 8.07. The molecule has 0 aromatic carbocycles. The minimum absolute atomic E-state index is 0.422. The average Bonchev–Trinajstić information content (AvgIpc) is 2.06. The van der Waals surface area contributed by atoms with Crippen LogP contribution in [0.3, 0.4) is 0 Å². The molecular weight excluding hydrogens is 199 g/mol. The summed E-state index contributed by atoms with van der Waals surface area (Å²) < 4.78 is 14.6. The Morgan fingerprint density at radius 3 is 2.50 bits per heavy atom. The van der Waals surface area contributed by atoms with E-state index in [1.807, 2.05) is 0 Å². The molecule has 0 aromatic rings. The summed E-state index contributed by atoms with van der Waals surface area (Å²) in [6, 6.07) is 0. The van der Waals surface area contributed by atoms with Gasteiger partial charge in [-0.25, -0.2) is 10.5 Å². The third-order valence-corrected chi connectivity index (χ3v) is 3.24. The normalized spacial score (nSPS) is 15.9. The van der Waals surface area contributed by atoms with Crippen LogP contribution in [0.15, 0.2) is 0 Å². The van der Waals surface area contributed by atoms with E-state index < -0.39 is 6.72 Å². The Morgan fingerprint density at radius 1 is 1.42 bits per heavy atom. The molecule has 0 spiro atoms. The number of hydrogen-bond donors (Lipinski definition) is 2. The van der Waals surface area contributed by atoms with Crippen molar-refractivity contribution in [3.63, 3.8) is 0 Å².